The molecule has 9 heteroatoms. The van der Waals surface area contributed by atoms with Gasteiger partial charge in [-0.3, -0.25) is 0 Å². The summed E-state index contributed by atoms with van der Waals surface area (Å²) in [4.78, 5) is 0. The van der Waals surface area contributed by atoms with Gasteiger partial charge in [-0.15, -0.1) is 0 Å². The molecule has 0 atom stereocenters. The molecule has 0 spiro atoms. The molecule has 0 aromatic heterocycles. The van der Waals surface area contributed by atoms with Gasteiger partial charge in [-0.1, -0.05) is 0 Å². The van der Waals surface area contributed by atoms with Crippen molar-refractivity contribution < 1.29 is 152 Å². The van der Waals surface area contributed by atoms with E-state index in [0.29, 0.717) is 0 Å². The summed E-state index contributed by atoms with van der Waals surface area (Å²) in [5, 5.41) is 0. The van der Waals surface area contributed by atoms with Crippen LogP contribution in [0.15, 0.2) is 0 Å². The van der Waals surface area contributed by atoms with Crippen LogP contribution >= 0.6 is 0 Å². The average Bonchev–Trinajstić information content (AvgIpc) is 0.722. The van der Waals surface area contributed by atoms with Crippen LogP contribution in [0.25, 0.3) is 0 Å². The summed E-state index contributed by atoms with van der Waals surface area (Å²) in [7, 11) is 0. The molecule has 0 saturated carbocycles. The third-order valence-corrected chi connectivity index (χ3v) is 0. The first-order chi connectivity index (χ1) is 2.00. The van der Waals surface area contributed by atoms with Gasteiger partial charge in [-0.25, -0.2) is 0 Å². The quantitative estimate of drug-likeness (QED) is 0.410. The van der Waals surface area contributed by atoms with E-state index in [-0.39, 0.29) is 121 Å². The van der Waals surface area contributed by atoms with Crippen molar-refractivity contribution in [2.45, 2.75) is 0 Å². The molecule has 0 aliphatic carbocycles. The Kier molecular flexibility index (Phi) is 47.8. The van der Waals surface area contributed by atoms with Crippen LogP contribution in [0.2, 0.25) is 0 Å². The van der Waals surface area contributed by atoms with Gasteiger partial charge >= 0.3 is 149 Å². The first-order valence-electron chi connectivity index (χ1n) is 0.667. The van der Waals surface area contributed by atoms with Crippen molar-refractivity contribution in [2.24, 2.45) is 0 Å². The van der Waals surface area contributed by atoms with E-state index in [2.05, 4.69) is 0 Å². The fraction of sp³-hybridized carbons (Fsp3) is 0. The van der Waals surface area contributed by atoms with E-state index < -0.39 is 16.7 Å². The van der Waals surface area contributed by atoms with Gasteiger partial charge in [0.05, 0.1) is 0 Å². The van der Waals surface area contributed by atoms with Crippen LogP contribution in [-0.4, -0.2) is 0 Å². The van der Waals surface area contributed by atoms with Crippen molar-refractivity contribution in [1.29, 1.82) is 0 Å². The molecule has 36 valence electrons. The van der Waals surface area contributed by atoms with Crippen molar-refractivity contribution in [3.05, 3.63) is 0 Å². The van der Waals surface area contributed by atoms with Gasteiger partial charge in [0, 0.05) is 0 Å². The summed E-state index contributed by atoms with van der Waals surface area (Å²) in [6.07, 6.45) is 0. The molecule has 0 bridgehead atoms. The standard InChI is InChI=1S/4Na.4O.W.2H/q4*+1;;;2*-1;;2*-1. The second-order valence-electron chi connectivity index (χ2n) is 0.408. The Morgan fingerprint density at radius 2 is 0.889 bits per heavy atom. The fourth-order valence-corrected chi connectivity index (χ4v) is 0. The molecule has 0 amide bonds. The van der Waals surface area contributed by atoms with Gasteiger partial charge in [0.1, 0.15) is 0 Å². The molecule has 0 aliphatic rings. The zero-order valence-electron chi connectivity index (χ0n) is 8.04. The minimum atomic E-state index is -6.17. The second kappa shape index (κ2) is 14.7. The van der Waals surface area contributed by atoms with Gasteiger partial charge in [0.25, 0.3) is 0 Å². The van der Waals surface area contributed by atoms with Crippen LogP contribution in [0.5, 0.6) is 0 Å². The van der Waals surface area contributed by atoms with Gasteiger partial charge in [-0.2, -0.15) is 0 Å². The third kappa shape index (κ3) is 71.8. The molecule has 0 aromatic carbocycles. The summed E-state index contributed by atoms with van der Waals surface area (Å²) < 4.78 is 34.6. The predicted octanol–water partition coefficient (Wildman–Crippen LogP) is -14.4. The second-order valence-corrected chi connectivity index (χ2v) is 3.34. The monoisotopic (exact) mass is 342 g/mol. The van der Waals surface area contributed by atoms with E-state index in [1.807, 2.05) is 0 Å². The molecule has 0 rings (SSSR count). The molecule has 0 heterocycles. The van der Waals surface area contributed by atoms with E-state index in [0.717, 1.165) is 0 Å². The van der Waals surface area contributed by atoms with Crippen molar-refractivity contribution in [1.82, 2.24) is 0 Å². The van der Waals surface area contributed by atoms with E-state index in [1.54, 1.807) is 0 Å². The Morgan fingerprint density at radius 1 is 0.889 bits per heavy atom. The normalized spacial score (nSPS) is 6.44. The first kappa shape index (κ1) is 29.2. The molecule has 0 unspecified atom stereocenters. The van der Waals surface area contributed by atoms with Crippen molar-refractivity contribution in [3.63, 3.8) is 0 Å². The number of hydrogen-bond acceptors (Lipinski definition) is 4. The summed E-state index contributed by atoms with van der Waals surface area (Å²) >= 11 is -6.17. The summed E-state index contributed by atoms with van der Waals surface area (Å²) in [6, 6.07) is 0. The fourth-order valence-electron chi connectivity index (χ4n) is 0. The summed E-state index contributed by atoms with van der Waals surface area (Å²) in [5.74, 6) is 0. The summed E-state index contributed by atoms with van der Waals surface area (Å²) in [6.45, 7) is 0. The molecule has 4 nitrogen and oxygen atoms in total. The zero-order valence-corrected chi connectivity index (χ0v) is 17.0. The molecule has 0 N–H and O–H groups in total. The summed E-state index contributed by atoms with van der Waals surface area (Å²) in [5.41, 5.74) is 0. The van der Waals surface area contributed by atoms with E-state index in [4.69, 9.17) is 14.3 Å². The van der Waals surface area contributed by atoms with Gasteiger partial charge in [-0.05, 0) is 0 Å². The van der Waals surface area contributed by atoms with Crippen LogP contribution in [0.4, 0.5) is 0 Å². The van der Waals surface area contributed by atoms with Crippen LogP contribution in [-0.2, 0) is 23.5 Å². The van der Waals surface area contributed by atoms with Gasteiger partial charge in [0.2, 0.25) is 0 Å². The molecular formula is H2Na4O4W. The Labute approximate surface area is 148 Å². The maximum absolute atomic E-state index is 8.65. The van der Waals surface area contributed by atoms with Crippen molar-refractivity contribution in [2.75, 3.05) is 0 Å². The molecule has 0 fully saturated rings. The topological polar surface area (TPSA) is 80.3 Å². The van der Waals surface area contributed by atoms with Crippen LogP contribution < -0.4 is 126 Å². The van der Waals surface area contributed by atoms with E-state index in [9.17, 15) is 0 Å². The van der Waals surface area contributed by atoms with Crippen molar-refractivity contribution in [3.8, 4) is 0 Å². The van der Waals surface area contributed by atoms with Crippen LogP contribution in [0, 0.1) is 0 Å². The molecule has 0 aliphatic heterocycles. The van der Waals surface area contributed by atoms with Crippen molar-refractivity contribution >= 4 is 0 Å². The first-order valence-corrected chi connectivity index (χ1v) is 5.46. The molecular weight excluding hydrogens is 340 g/mol. The molecule has 0 saturated heterocycles. The van der Waals surface area contributed by atoms with Gasteiger partial charge in [0.15, 0.2) is 0 Å². The van der Waals surface area contributed by atoms with E-state index >= 15 is 0 Å². The molecule has 0 radical (unpaired) electrons. The minimum absolute atomic E-state index is 0. The SMILES string of the molecule is [H-].[H-].[Na+].[Na+].[Na+].[Na+].[O]=[W](=[O])([O-])[O-]. The third-order valence-electron chi connectivity index (χ3n) is 0. The Hall–Kier alpha value is 4.21. The Bertz CT molecular complexity index is 103. The van der Waals surface area contributed by atoms with Crippen LogP contribution in [0.3, 0.4) is 0 Å². The van der Waals surface area contributed by atoms with E-state index in [1.165, 1.54) is 0 Å². The number of hydrogen-bond donors (Lipinski definition) is 0. The van der Waals surface area contributed by atoms with Crippen LogP contribution in [0.1, 0.15) is 2.85 Å². The zero-order chi connectivity index (χ0) is 4.50. The predicted molar refractivity (Wildman–Crippen MR) is 3.60 cm³/mol. The Morgan fingerprint density at radius 3 is 0.889 bits per heavy atom. The molecule has 0 aromatic rings. The Balaban J connectivity index is -0.00000000533. The molecule has 9 heavy (non-hydrogen) atoms. The average molecular weight is 342 g/mol. The maximum atomic E-state index is 8.65. The van der Waals surface area contributed by atoms with Gasteiger partial charge < -0.3 is 2.85 Å². The number of rotatable bonds is 0.